The van der Waals surface area contributed by atoms with Crippen LogP contribution in [0, 0.1) is 30.1 Å². The van der Waals surface area contributed by atoms with E-state index in [2.05, 4.69) is 23.2 Å². The second-order valence-corrected chi connectivity index (χ2v) is 6.85. The Hall–Kier alpha value is -3.24. The minimum absolute atomic E-state index is 0.0378. The van der Waals surface area contributed by atoms with Gasteiger partial charge in [-0.2, -0.15) is 5.26 Å². The fourth-order valence-electron chi connectivity index (χ4n) is 3.19. The monoisotopic (exact) mass is 357 g/mol. The summed E-state index contributed by atoms with van der Waals surface area (Å²) in [6.07, 6.45) is 2.19. The van der Waals surface area contributed by atoms with Crippen LogP contribution in [0.15, 0.2) is 42.5 Å². The van der Waals surface area contributed by atoms with Crippen LogP contribution >= 0.6 is 0 Å². The van der Waals surface area contributed by atoms with Gasteiger partial charge in [0.05, 0.1) is 17.7 Å². The van der Waals surface area contributed by atoms with E-state index in [1.807, 2.05) is 49.1 Å². The van der Waals surface area contributed by atoms with Gasteiger partial charge < -0.3 is 10.2 Å². The van der Waals surface area contributed by atoms with Gasteiger partial charge >= 0.3 is 0 Å². The molecule has 1 aliphatic heterocycles. The SMILES string of the molecule is Cc1cc(C#CC(C)Nc2ccc(C#N)cc2)ccc1C(=O)N1CCCC1. The van der Waals surface area contributed by atoms with Gasteiger partial charge in [0, 0.05) is 29.9 Å². The fraction of sp³-hybridized carbons (Fsp3) is 0.304. The number of hydrogen-bond acceptors (Lipinski definition) is 3. The van der Waals surface area contributed by atoms with Crippen LogP contribution in [0.3, 0.4) is 0 Å². The predicted octanol–water partition coefficient (Wildman–Crippen LogP) is 3.95. The predicted molar refractivity (Wildman–Crippen MR) is 107 cm³/mol. The second-order valence-electron chi connectivity index (χ2n) is 6.85. The van der Waals surface area contributed by atoms with Crippen molar-refractivity contribution in [3.05, 3.63) is 64.7 Å². The van der Waals surface area contributed by atoms with Gasteiger partial charge in [0.15, 0.2) is 0 Å². The topological polar surface area (TPSA) is 56.1 Å². The highest BCUT2D eigenvalue weighted by Gasteiger charge is 2.20. The average Bonchev–Trinajstić information content (AvgIpc) is 3.21. The molecule has 136 valence electrons. The van der Waals surface area contributed by atoms with Crippen LogP contribution in [-0.2, 0) is 0 Å². The van der Waals surface area contributed by atoms with Crippen molar-refractivity contribution in [2.24, 2.45) is 0 Å². The van der Waals surface area contributed by atoms with E-state index in [9.17, 15) is 4.79 Å². The molecule has 1 aliphatic rings. The molecule has 1 saturated heterocycles. The van der Waals surface area contributed by atoms with E-state index in [-0.39, 0.29) is 11.9 Å². The van der Waals surface area contributed by atoms with Gasteiger partial charge in [0.1, 0.15) is 0 Å². The molecule has 0 saturated carbocycles. The number of anilines is 1. The normalized spacial score (nSPS) is 14.0. The van der Waals surface area contributed by atoms with Crippen LogP contribution < -0.4 is 5.32 Å². The van der Waals surface area contributed by atoms with Crippen LogP contribution in [0.4, 0.5) is 5.69 Å². The van der Waals surface area contributed by atoms with Gasteiger partial charge in [-0.1, -0.05) is 11.8 Å². The molecule has 1 unspecified atom stereocenters. The van der Waals surface area contributed by atoms with E-state index in [1.54, 1.807) is 12.1 Å². The molecular weight excluding hydrogens is 334 g/mol. The molecule has 0 aliphatic carbocycles. The summed E-state index contributed by atoms with van der Waals surface area (Å²) in [5.74, 6) is 6.48. The Balaban J connectivity index is 1.66. The lowest BCUT2D eigenvalue weighted by molar-refractivity contribution is 0.0792. The number of carbonyl (C=O) groups excluding carboxylic acids is 1. The van der Waals surface area contributed by atoms with Crippen LogP contribution in [0.5, 0.6) is 0 Å². The zero-order chi connectivity index (χ0) is 19.2. The Morgan fingerprint density at radius 3 is 2.41 bits per heavy atom. The lowest BCUT2D eigenvalue weighted by atomic mass is 10.0. The number of hydrogen-bond donors (Lipinski definition) is 1. The number of benzene rings is 2. The highest BCUT2D eigenvalue weighted by molar-refractivity contribution is 5.96. The van der Waals surface area contributed by atoms with Crippen LogP contribution in [-0.4, -0.2) is 29.9 Å². The summed E-state index contributed by atoms with van der Waals surface area (Å²) < 4.78 is 0. The first kappa shape index (κ1) is 18.5. The Kier molecular flexibility index (Phi) is 5.79. The molecular formula is C23H23N3O. The Bertz CT molecular complexity index is 923. The molecule has 0 bridgehead atoms. The molecule has 3 rings (SSSR count). The molecule has 4 heteroatoms. The van der Waals surface area contributed by atoms with Crippen molar-refractivity contribution in [2.75, 3.05) is 18.4 Å². The molecule has 27 heavy (non-hydrogen) atoms. The molecule has 0 radical (unpaired) electrons. The largest absolute Gasteiger partial charge is 0.372 e. The fourth-order valence-corrected chi connectivity index (χ4v) is 3.19. The molecule has 1 heterocycles. The van der Waals surface area contributed by atoms with Crippen LogP contribution in [0.25, 0.3) is 0 Å². The highest BCUT2D eigenvalue weighted by Crippen LogP contribution is 2.17. The van der Waals surface area contributed by atoms with Crippen molar-refractivity contribution in [2.45, 2.75) is 32.7 Å². The molecule has 0 spiro atoms. The highest BCUT2D eigenvalue weighted by atomic mass is 16.2. The summed E-state index contributed by atoms with van der Waals surface area (Å²) in [4.78, 5) is 14.5. The van der Waals surface area contributed by atoms with E-state index in [1.165, 1.54) is 0 Å². The van der Waals surface area contributed by atoms with Crippen molar-refractivity contribution >= 4 is 11.6 Å². The average molecular weight is 357 g/mol. The first-order valence-corrected chi connectivity index (χ1v) is 9.25. The van der Waals surface area contributed by atoms with Crippen molar-refractivity contribution in [1.82, 2.24) is 4.90 Å². The lowest BCUT2D eigenvalue weighted by Gasteiger charge is -2.16. The first-order chi connectivity index (χ1) is 13.1. The Morgan fingerprint density at radius 1 is 1.11 bits per heavy atom. The maximum absolute atomic E-state index is 12.6. The van der Waals surface area contributed by atoms with Gasteiger partial charge in [-0.3, -0.25) is 4.79 Å². The van der Waals surface area contributed by atoms with Gasteiger partial charge in [0.25, 0.3) is 5.91 Å². The molecule has 1 amide bonds. The molecule has 2 aromatic rings. The lowest BCUT2D eigenvalue weighted by Crippen LogP contribution is -2.28. The number of likely N-dealkylation sites (tertiary alicyclic amines) is 1. The van der Waals surface area contributed by atoms with Gasteiger partial charge in [-0.25, -0.2) is 0 Å². The summed E-state index contributed by atoms with van der Waals surface area (Å²) in [5.41, 5.74) is 4.20. The number of carbonyl (C=O) groups is 1. The van der Waals surface area contributed by atoms with E-state index in [0.717, 1.165) is 48.3 Å². The first-order valence-electron chi connectivity index (χ1n) is 9.25. The van der Waals surface area contributed by atoms with Gasteiger partial charge in [-0.15, -0.1) is 0 Å². The zero-order valence-electron chi connectivity index (χ0n) is 15.7. The van der Waals surface area contributed by atoms with Gasteiger partial charge in [-0.05, 0) is 74.7 Å². The second kappa shape index (κ2) is 8.43. The van der Waals surface area contributed by atoms with Crippen molar-refractivity contribution < 1.29 is 4.79 Å². The van der Waals surface area contributed by atoms with Crippen molar-refractivity contribution in [3.63, 3.8) is 0 Å². The zero-order valence-corrected chi connectivity index (χ0v) is 15.7. The van der Waals surface area contributed by atoms with E-state index in [0.29, 0.717) is 5.56 Å². The minimum Gasteiger partial charge on any atom is -0.372 e. The summed E-state index contributed by atoms with van der Waals surface area (Å²) in [7, 11) is 0. The summed E-state index contributed by atoms with van der Waals surface area (Å²) in [6.45, 7) is 5.67. The molecule has 1 N–H and O–H groups in total. The minimum atomic E-state index is -0.0378. The van der Waals surface area contributed by atoms with E-state index >= 15 is 0 Å². The molecule has 1 fully saturated rings. The third-order valence-electron chi connectivity index (χ3n) is 4.68. The molecule has 4 nitrogen and oxygen atoms in total. The number of nitriles is 1. The maximum Gasteiger partial charge on any atom is 0.254 e. The molecule has 2 aromatic carbocycles. The number of nitrogens with zero attached hydrogens (tertiary/aromatic N) is 2. The van der Waals surface area contributed by atoms with E-state index in [4.69, 9.17) is 5.26 Å². The summed E-state index contributed by atoms with van der Waals surface area (Å²) in [5, 5.41) is 12.1. The van der Waals surface area contributed by atoms with Gasteiger partial charge in [0.2, 0.25) is 0 Å². The quantitative estimate of drug-likeness (QED) is 0.846. The van der Waals surface area contributed by atoms with Crippen LogP contribution in [0.2, 0.25) is 0 Å². The third kappa shape index (κ3) is 4.68. The standard InChI is InChI=1S/C23H23N3O/c1-17-15-19(9-12-22(17)23(27)26-13-3-4-14-26)6-5-18(2)25-21-10-7-20(16-24)8-11-21/h7-12,15,18,25H,3-4,13-14H2,1-2H3. The van der Waals surface area contributed by atoms with Crippen molar-refractivity contribution in [1.29, 1.82) is 5.26 Å². The van der Waals surface area contributed by atoms with E-state index < -0.39 is 0 Å². The number of amides is 1. The Labute approximate surface area is 160 Å². The number of rotatable bonds is 3. The van der Waals surface area contributed by atoms with Crippen LogP contribution in [0.1, 0.15) is 46.8 Å². The number of aryl methyl sites for hydroxylation is 1. The summed E-state index contributed by atoms with van der Waals surface area (Å²) in [6, 6.07) is 15.2. The summed E-state index contributed by atoms with van der Waals surface area (Å²) >= 11 is 0. The maximum atomic E-state index is 12.6. The Morgan fingerprint density at radius 2 is 1.78 bits per heavy atom. The number of nitrogens with one attached hydrogen (secondary N) is 1. The smallest absolute Gasteiger partial charge is 0.254 e. The third-order valence-corrected chi connectivity index (χ3v) is 4.68. The molecule has 0 aromatic heterocycles. The van der Waals surface area contributed by atoms with Crippen molar-refractivity contribution in [3.8, 4) is 17.9 Å². The molecule has 1 atom stereocenters.